The van der Waals surface area contributed by atoms with Gasteiger partial charge >= 0.3 is 6.01 Å². The Kier molecular flexibility index (Phi) is 3.15. The fourth-order valence-corrected chi connectivity index (χ4v) is 1.34. The van der Waals surface area contributed by atoms with Gasteiger partial charge in [0, 0.05) is 0 Å². The van der Waals surface area contributed by atoms with E-state index in [1.807, 2.05) is 18.2 Å². The Balaban J connectivity index is 2.06. The Morgan fingerprint density at radius 2 is 2.12 bits per heavy atom. The molecule has 0 radical (unpaired) electrons. The van der Waals surface area contributed by atoms with E-state index in [0.29, 0.717) is 5.82 Å². The summed E-state index contributed by atoms with van der Waals surface area (Å²) >= 11 is 0. The molecule has 1 aromatic heterocycles. The van der Waals surface area contributed by atoms with Gasteiger partial charge in [0.25, 0.3) is 0 Å². The standard InChI is InChI=1S/C11H12N4O2/c1-7-13-11(17-15-7)14-10(16)9(12)8-5-3-2-4-6-8/h2-6,9H,12H2,1H3,(H,13,14,15,16)/t9-/m1/s1. The molecular weight excluding hydrogens is 220 g/mol. The van der Waals surface area contributed by atoms with Crippen molar-refractivity contribution >= 4 is 11.9 Å². The molecule has 0 aliphatic heterocycles. The number of rotatable bonds is 3. The van der Waals surface area contributed by atoms with Crippen molar-refractivity contribution in [1.82, 2.24) is 10.1 Å². The Labute approximate surface area is 97.8 Å². The molecule has 2 rings (SSSR count). The fraction of sp³-hybridized carbons (Fsp3) is 0.182. The summed E-state index contributed by atoms with van der Waals surface area (Å²) in [4.78, 5) is 15.6. The number of amides is 1. The first kappa shape index (κ1) is 11.3. The topological polar surface area (TPSA) is 94.0 Å². The summed E-state index contributed by atoms with van der Waals surface area (Å²) in [5, 5.41) is 6.02. The Morgan fingerprint density at radius 1 is 1.41 bits per heavy atom. The second kappa shape index (κ2) is 4.75. The molecule has 0 unspecified atom stereocenters. The molecule has 1 aromatic carbocycles. The number of nitrogens with zero attached hydrogens (tertiary/aromatic N) is 2. The minimum absolute atomic E-state index is 0.0545. The van der Waals surface area contributed by atoms with Crippen molar-refractivity contribution in [2.45, 2.75) is 13.0 Å². The predicted octanol–water partition coefficient (Wildman–Crippen LogP) is 1.02. The summed E-state index contributed by atoms with van der Waals surface area (Å²) in [5.41, 5.74) is 6.51. The zero-order valence-electron chi connectivity index (χ0n) is 9.25. The summed E-state index contributed by atoms with van der Waals surface area (Å²) < 4.78 is 4.77. The molecule has 3 N–H and O–H groups in total. The third-order valence-electron chi connectivity index (χ3n) is 2.20. The summed E-state index contributed by atoms with van der Waals surface area (Å²) in [6.07, 6.45) is 0. The average molecular weight is 232 g/mol. The normalized spacial score (nSPS) is 12.1. The molecule has 0 spiro atoms. The van der Waals surface area contributed by atoms with Gasteiger partial charge in [-0.2, -0.15) is 4.98 Å². The number of aromatic nitrogens is 2. The molecule has 6 heteroatoms. The average Bonchev–Trinajstić information content (AvgIpc) is 2.75. The van der Waals surface area contributed by atoms with Crippen LogP contribution in [0.15, 0.2) is 34.9 Å². The molecular formula is C11H12N4O2. The van der Waals surface area contributed by atoms with Crippen LogP contribution in [-0.4, -0.2) is 16.0 Å². The van der Waals surface area contributed by atoms with E-state index in [-0.39, 0.29) is 11.9 Å². The van der Waals surface area contributed by atoms with Crippen molar-refractivity contribution < 1.29 is 9.32 Å². The number of anilines is 1. The molecule has 0 saturated carbocycles. The van der Waals surface area contributed by atoms with Gasteiger partial charge in [-0.05, 0) is 12.5 Å². The Bertz CT molecular complexity index is 509. The summed E-state index contributed by atoms with van der Waals surface area (Å²) in [6, 6.07) is 8.35. The monoisotopic (exact) mass is 232 g/mol. The number of benzene rings is 1. The summed E-state index contributed by atoms with van der Waals surface area (Å²) in [7, 11) is 0. The van der Waals surface area contributed by atoms with Crippen LogP contribution in [0.1, 0.15) is 17.4 Å². The van der Waals surface area contributed by atoms with Crippen LogP contribution < -0.4 is 11.1 Å². The first-order valence-corrected chi connectivity index (χ1v) is 5.08. The number of nitrogens with two attached hydrogens (primary N) is 1. The van der Waals surface area contributed by atoms with Crippen LogP contribution in [0.2, 0.25) is 0 Å². The lowest BCUT2D eigenvalue weighted by Crippen LogP contribution is -2.27. The lowest BCUT2D eigenvalue weighted by molar-refractivity contribution is -0.117. The van der Waals surface area contributed by atoms with Gasteiger partial charge in [0.2, 0.25) is 5.91 Å². The molecule has 2 aromatic rings. The van der Waals surface area contributed by atoms with Gasteiger partial charge in [-0.1, -0.05) is 35.5 Å². The van der Waals surface area contributed by atoms with Crippen LogP contribution in [-0.2, 0) is 4.79 Å². The highest BCUT2D eigenvalue weighted by atomic mass is 16.5. The first-order chi connectivity index (χ1) is 8.16. The third-order valence-corrected chi connectivity index (χ3v) is 2.20. The number of aryl methyl sites for hydroxylation is 1. The predicted molar refractivity (Wildman–Crippen MR) is 61.0 cm³/mol. The molecule has 0 aliphatic rings. The van der Waals surface area contributed by atoms with Crippen molar-refractivity contribution in [3.63, 3.8) is 0 Å². The van der Waals surface area contributed by atoms with Crippen LogP contribution >= 0.6 is 0 Å². The van der Waals surface area contributed by atoms with Crippen LogP contribution in [0, 0.1) is 6.92 Å². The molecule has 88 valence electrons. The van der Waals surface area contributed by atoms with Gasteiger partial charge in [-0.15, -0.1) is 0 Å². The van der Waals surface area contributed by atoms with Crippen molar-refractivity contribution in [3.05, 3.63) is 41.7 Å². The van der Waals surface area contributed by atoms with Crippen molar-refractivity contribution in [3.8, 4) is 0 Å². The highest BCUT2D eigenvalue weighted by molar-refractivity contribution is 5.93. The highest BCUT2D eigenvalue weighted by Crippen LogP contribution is 2.12. The van der Waals surface area contributed by atoms with Crippen LogP contribution in [0.3, 0.4) is 0 Å². The second-order valence-electron chi connectivity index (χ2n) is 3.52. The van der Waals surface area contributed by atoms with Gasteiger partial charge < -0.3 is 10.3 Å². The fourth-order valence-electron chi connectivity index (χ4n) is 1.34. The maximum absolute atomic E-state index is 11.8. The van der Waals surface area contributed by atoms with Crippen LogP contribution in [0.25, 0.3) is 0 Å². The zero-order valence-corrected chi connectivity index (χ0v) is 9.25. The SMILES string of the molecule is Cc1noc(NC(=O)[C@H](N)c2ccccc2)n1. The summed E-state index contributed by atoms with van der Waals surface area (Å²) in [5.74, 6) is 0.0634. The molecule has 1 amide bonds. The van der Waals surface area contributed by atoms with Crippen molar-refractivity contribution in [1.29, 1.82) is 0 Å². The zero-order chi connectivity index (χ0) is 12.3. The van der Waals surface area contributed by atoms with Gasteiger partial charge in [0.15, 0.2) is 5.82 Å². The minimum Gasteiger partial charge on any atom is -0.316 e. The van der Waals surface area contributed by atoms with E-state index in [1.165, 1.54) is 0 Å². The molecule has 0 bridgehead atoms. The van der Waals surface area contributed by atoms with Gasteiger partial charge in [-0.3, -0.25) is 10.1 Å². The smallest absolute Gasteiger partial charge is 0.316 e. The quantitative estimate of drug-likeness (QED) is 0.823. The number of nitrogens with one attached hydrogen (secondary N) is 1. The van der Waals surface area contributed by atoms with Gasteiger partial charge in [0.1, 0.15) is 6.04 Å². The van der Waals surface area contributed by atoms with E-state index in [2.05, 4.69) is 15.5 Å². The van der Waals surface area contributed by atoms with E-state index in [4.69, 9.17) is 10.3 Å². The molecule has 0 fully saturated rings. The van der Waals surface area contributed by atoms with Gasteiger partial charge in [0.05, 0.1) is 0 Å². The third kappa shape index (κ3) is 2.67. The lowest BCUT2D eigenvalue weighted by atomic mass is 10.1. The van der Waals surface area contributed by atoms with E-state index in [1.54, 1.807) is 19.1 Å². The number of hydrogen-bond acceptors (Lipinski definition) is 5. The molecule has 0 saturated heterocycles. The van der Waals surface area contributed by atoms with E-state index in [9.17, 15) is 4.79 Å². The largest absolute Gasteiger partial charge is 0.328 e. The molecule has 1 atom stereocenters. The molecule has 17 heavy (non-hydrogen) atoms. The lowest BCUT2D eigenvalue weighted by Gasteiger charge is -2.09. The molecule has 1 heterocycles. The number of carbonyl (C=O) groups is 1. The Hall–Kier alpha value is -2.21. The van der Waals surface area contributed by atoms with Crippen LogP contribution in [0.5, 0.6) is 0 Å². The summed E-state index contributed by atoms with van der Waals surface area (Å²) in [6.45, 7) is 1.66. The number of carbonyl (C=O) groups excluding carboxylic acids is 1. The highest BCUT2D eigenvalue weighted by Gasteiger charge is 2.17. The second-order valence-corrected chi connectivity index (χ2v) is 3.52. The Morgan fingerprint density at radius 3 is 2.71 bits per heavy atom. The van der Waals surface area contributed by atoms with Gasteiger partial charge in [-0.25, -0.2) is 0 Å². The number of hydrogen-bond donors (Lipinski definition) is 2. The van der Waals surface area contributed by atoms with E-state index in [0.717, 1.165) is 5.56 Å². The van der Waals surface area contributed by atoms with E-state index < -0.39 is 6.04 Å². The van der Waals surface area contributed by atoms with Crippen molar-refractivity contribution in [2.24, 2.45) is 5.73 Å². The minimum atomic E-state index is -0.761. The van der Waals surface area contributed by atoms with Crippen molar-refractivity contribution in [2.75, 3.05) is 5.32 Å². The van der Waals surface area contributed by atoms with Crippen LogP contribution in [0.4, 0.5) is 6.01 Å². The first-order valence-electron chi connectivity index (χ1n) is 5.08. The maximum atomic E-state index is 11.8. The maximum Gasteiger partial charge on any atom is 0.328 e. The molecule has 0 aliphatic carbocycles. The van der Waals surface area contributed by atoms with E-state index >= 15 is 0 Å². The molecule has 6 nitrogen and oxygen atoms in total.